The summed E-state index contributed by atoms with van der Waals surface area (Å²) in [5.41, 5.74) is 1.02. The molecule has 162 valence electrons. The van der Waals surface area contributed by atoms with Crippen molar-refractivity contribution in [2.45, 2.75) is 12.5 Å². The second-order valence-corrected chi connectivity index (χ2v) is 7.30. The molecule has 3 rings (SSSR count). The van der Waals surface area contributed by atoms with E-state index < -0.39 is 24.1 Å². The molecule has 3 N–H and O–H groups in total. The van der Waals surface area contributed by atoms with Crippen LogP contribution in [0.4, 0.5) is 18.9 Å². The number of aliphatic hydroxyl groups excluding tert-OH is 1. The maximum absolute atomic E-state index is 12.4. The summed E-state index contributed by atoms with van der Waals surface area (Å²) in [5, 5.41) is 17.2. The standard InChI is InChI=1S/C21H17F3N2O4S/c22-21(23,24)30-16-8-6-13(7-9-16)17(27)12-25-19(28)14-3-1-4-15(11-14)26-20(29)18-5-2-10-31-18/h1-11,17,27H,12H2,(H,25,28)(H,26,29). The lowest BCUT2D eigenvalue weighted by atomic mass is 10.1. The molecule has 1 aromatic heterocycles. The molecule has 1 atom stereocenters. The van der Waals surface area contributed by atoms with Gasteiger partial charge in [0.05, 0.1) is 11.0 Å². The molecule has 0 saturated heterocycles. The highest BCUT2D eigenvalue weighted by Crippen LogP contribution is 2.24. The van der Waals surface area contributed by atoms with Gasteiger partial charge in [-0.25, -0.2) is 0 Å². The molecule has 0 aliphatic carbocycles. The van der Waals surface area contributed by atoms with Gasteiger partial charge in [-0.15, -0.1) is 24.5 Å². The maximum atomic E-state index is 12.4. The van der Waals surface area contributed by atoms with Crippen molar-refractivity contribution in [3.63, 3.8) is 0 Å². The van der Waals surface area contributed by atoms with Crippen molar-refractivity contribution in [1.82, 2.24) is 5.32 Å². The Balaban J connectivity index is 1.56. The van der Waals surface area contributed by atoms with E-state index in [1.807, 2.05) is 0 Å². The van der Waals surface area contributed by atoms with Crippen LogP contribution in [0.3, 0.4) is 0 Å². The van der Waals surface area contributed by atoms with E-state index in [1.165, 1.54) is 29.5 Å². The second-order valence-electron chi connectivity index (χ2n) is 6.35. The van der Waals surface area contributed by atoms with Crippen LogP contribution in [0.1, 0.15) is 31.7 Å². The summed E-state index contributed by atoms with van der Waals surface area (Å²) in [4.78, 5) is 25.0. The summed E-state index contributed by atoms with van der Waals surface area (Å²) >= 11 is 1.29. The number of carbonyl (C=O) groups is 2. The number of alkyl halides is 3. The molecule has 1 unspecified atom stereocenters. The minimum absolute atomic E-state index is 0.163. The van der Waals surface area contributed by atoms with Crippen molar-refractivity contribution < 1.29 is 32.6 Å². The Kier molecular flexibility index (Phi) is 6.93. The molecule has 6 nitrogen and oxygen atoms in total. The highest BCUT2D eigenvalue weighted by Gasteiger charge is 2.31. The summed E-state index contributed by atoms with van der Waals surface area (Å²) in [5.74, 6) is -1.18. The molecule has 0 fully saturated rings. The third-order valence-electron chi connectivity index (χ3n) is 4.08. The molecule has 2 amide bonds. The first-order valence-electron chi connectivity index (χ1n) is 8.98. The van der Waals surface area contributed by atoms with Crippen LogP contribution in [0.2, 0.25) is 0 Å². The number of thiophene rings is 1. The fraction of sp³-hybridized carbons (Fsp3) is 0.143. The summed E-state index contributed by atoms with van der Waals surface area (Å²) in [6, 6.07) is 14.4. The third kappa shape index (κ3) is 6.56. The number of nitrogens with one attached hydrogen (secondary N) is 2. The van der Waals surface area contributed by atoms with Gasteiger partial charge in [-0.3, -0.25) is 9.59 Å². The Morgan fingerprint density at radius 3 is 2.42 bits per heavy atom. The average Bonchev–Trinajstić information content (AvgIpc) is 3.26. The average molecular weight is 450 g/mol. The normalized spacial score (nSPS) is 12.1. The third-order valence-corrected chi connectivity index (χ3v) is 4.95. The van der Waals surface area contributed by atoms with Crippen LogP contribution in [0.15, 0.2) is 66.0 Å². The number of aliphatic hydroxyl groups is 1. The molecule has 0 aliphatic rings. The minimum atomic E-state index is -4.80. The Labute approximate surface area is 179 Å². The predicted molar refractivity (Wildman–Crippen MR) is 109 cm³/mol. The Morgan fingerprint density at radius 2 is 1.77 bits per heavy atom. The van der Waals surface area contributed by atoms with Gasteiger partial charge in [0.2, 0.25) is 0 Å². The van der Waals surface area contributed by atoms with Gasteiger partial charge < -0.3 is 20.5 Å². The summed E-state index contributed by atoms with van der Waals surface area (Å²) in [6.07, 6.45) is -5.93. The molecule has 0 saturated carbocycles. The number of halogens is 3. The van der Waals surface area contributed by atoms with Crippen LogP contribution in [-0.4, -0.2) is 29.8 Å². The van der Waals surface area contributed by atoms with Crippen LogP contribution >= 0.6 is 11.3 Å². The molecular weight excluding hydrogens is 433 g/mol. The van der Waals surface area contributed by atoms with Gasteiger partial charge in [0.1, 0.15) is 5.75 Å². The number of rotatable bonds is 7. The van der Waals surface area contributed by atoms with Crippen molar-refractivity contribution >= 4 is 28.8 Å². The van der Waals surface area contributed by atoms with Gasteiger partial charge >= 0.3 is 6.36 Å². The predicted octanol–water partition coefficient (Wildman–Crippen LogP) is 4.36. The number of hydrogen-bond donors (Lipinski definition) is 3. The maximum Gasteiger partial charge on any atom is 0.573 e. The van der Waals surface area contributed by atoms with Gasteiger partial charge in [-0.1, -0.05) is 24.3 Å². The van der Waals surface area contributed by atoms with Gasteiger partial charge in [0.15, 0.2) is 0 Å². The van der Waals surface area contributed by atoms with Crippen LogP contribution in [0.5, 0.6) is 5.75 Å². The molecule has 1 heterocycles. The van der Waals surface area contributed by atoms with Gasteiger partial charge in [0.25, 0.3) is 11.8 Å². The number of ether oxygens (including phenoxy) is 1. The van der Waals surface area contributed by atoms with Crippen LogP contribution in [-0.2, 0) is 0 Å². The highest BCUT2D eigenvalue weighted by molar-refractivity contribution is 7.12. The molecule has 0 bridgehead atoms. The zero-order valence-corrected chi connectivity index (χ0v) is 16.7. The van der Waals surface area contributed by atoms with Gasteiger partial charge in [0, 0.05) is 17.8 Å². The lowest BCUT2D eigenvalue weighted by molar-refractivity contribution is -0.274. The van der Waals surface area contributed by atoms with E-state index in [0.29, 0.717) is 16.1 Å². The summed E-state index contributed by atoms with van der Waals surface area (Å²) < 4.78 is 40.4. The van der Waals surface area contributed by atoms with Gasteiger partial charge in [-0.2, -0.15) is 0 Å². The fourth-order valence-corrected chi connectivity index (χ4v) is 3.26. The highest BCUT2D eigenvalue weighted by atomic mass is 32.1. The number of hydrogen-bond acceptors (Lipinski definition) is 5. The fourth-order valence-electron chi connectivity index (χ4n) is 2.64. The van der Waals surface area contributed by atoms with E-state index >= 15 is 0 Å². The van der Waals surface area contributed by atoms with E-state index in [0.717, 1.165) is 12.1 Å². The molecule has 0 spiro atoms. The zero-order chi connectivity index (χ0) is 22.4. The van der Waals surface area contributed by atoms with E-state index in [2.05, 4.69) is 15.4 Å². The van der Waals surface area contributed by atoms with Crippen molar-refractivity contribution in [3.8, 4) is 5.75 Å². The van der Waals surface area contributed by atoms with Crippen molar-refractivity contribution in [1.29, 1.82) is 0 Å². The van der Waals surface area contributed by atoms with Crippen LogP contribution < -0.4 is 15.4 Å². The SMILES string of the molecule is O=C(NCC(O)c1ccc(OC(F)(F)F)cc1)c1cccc(NC(=O)c2cccs2)c1. The van der Waals surface area contributed by atoms with E-state index in [4.69, 9.17) is 0 Å². The number of carbonyl (C=O) groups excluding carboxylic acids is 2. The van der Waals surface area contributed by atoms with Crippen molar-refractivity contribution in [2.24, 2.45) is 0 Å². The molecule has 0 radical (unpaired) electrons. The first kappa shape index (κ1) is 22.3. The first-order valence-corrected chi connectivity index (χ1v) is 9.86. The zero-order valence-electron chi connectivity index (χ0n) is 15.8. The quantitative estimate of drug-likeness (QED) is 0.499. The Bertz CT molecular complexity index is 1040. The lowest BCUT2D eigenvalue weighted by Gasteiger charge is -2.14. The minimum Gasteiger partial charge on any atom is -0.406 e. The van der Waals surface area contributed by atoms with Crippen molar-refractivity contribution in [3.05, 3.63) is 82.0 Å². The summed E-state index contributed by atoms with van der Waals surface area (Å²) in [6.45, 7) is -0.163. The van der Waals surface area contributed by atoms with E-state index in [1.54, 1.807) is 35.7 Å². The first-order chi connectivity index (χ1) is 14.7. The Hall–Kier alpha value is -3.37. The van der Waals surface area contributed by atoms with Gasteiger partial charge in [-0.05, 0) is 47.3 Å². The molecule has 3 aromatic rings. The Morgan fingerprint density at radius 1 is 1.03 bits per heavy atom. The lowest BCUT2D eigenvalue weighted by Crippen LogP contribution is -2.28. The number of anilines is 1. The molecule has 0 aliphatic heterocycles. The van der Waals surface area contributed by atoms with Crippen LogP contribution in [0, 0.1) is 0 Å². The van der Waals surface area contributed by atoms with E-state index in [-0.39, 0.29) is 18.0 Å². The topological polar surface area (TPSA) is 87.7 Å². The smallest absolute Gasteiger partial charge is 0.406 e. The summed E-state index contributed by atoms with van der Waals surface area (Å²) in [7, 11) is 0. The second kappa shape index (κ2) is 9.63. The largest absolute Gasteiger partial charge is 0.573 e. The number of benzene rings is 2. The molecule has 31 heavy (non-hydrogen) atoms. The monoisotopic (exact) mass is 450 g/mol. The molecule has 2 aromatic carbocycles. The van der Waals surface area contributed by atoms with Crippen molar-refractivity contribution in [2.75, 3.05) is 11.9 Å². The van der Waals surface area contributed by atoms with E-state index in [9.17, 15) is 27.9 Å². The molecular formula is C21H17F3N2O4S. The molecule has 10 heteroatoms. The number of amides is 2. The van der Waals surface area contributed by atoms with Crippen LogP contribution in [0.25, 0.3) is 0 Å².